The van der Waals surface area contributed by atoms with Crippen LogP contribution < -0.4 is 5.73 Å². The van der Waals surface area contributed by atoms with Crippen molar-refractivity contribution < 1.29 is 4.79 Å². The molecule has 4 nitrogen and oxygen atoms in total. The number of carbonyl (C=O) groups is 1. The van der Waals surface area contributed by atoms with Gasteiger partial charge in [0, 0.05) is 19.1 Å². The summed E-state index contributed by atoms with van der Waals surface area (Å²) in [6.45, 7) is 1.75. The number of likely N-dealkylation sites (tertiary alicyclic amines) is 1. The van der Waals surface area contributed by atoms with Crippen LogP contribution in [0.15, 0.2) is 0 Å². The van der Waals surface area contributed by atoms with Gasteiger partial charge < -0.3 is 15.5 Å². The lowest BCUT2D eigenvalue weighted by molar-refractivity contribution is -0.139. The molecule has 1 aliphatic carbocycles. The Hall–Kier alpha value is -0.0300. The summed E-state index contributed by atoms with van der Waals surface area (Å²) in [5.74, 6) is 0.208. The summed E-state index contributed by atoms with van der Waals surface area (Å²) in [7, 11) is 4.24. The fourth-order valence-corrected chi connectivity index (χ4v) is 3.30. The third-order valence-electron chi connectivity index (χ3n) is 4.65. The third kappa shape index (κ3) is 4.48. The van der Waals surface area contributed by atoms with E-state index in [0.29, 0.717) is 6.04 Å². The molecule has 2 rings (SSSR count). The van der Waals surface area contributed by atoms with Gasteiger partial charge in [-0.3, -0.25) is 4.79 Å². The molecule has 0 radical (unpaired) electrons. The second-order valence-corrected chi connectivity index (χ2v) is 6.20. The van der Waals surface area contributed by atoms with Crippen LogP contribution in [0, 0.1) is 0 Å². The highest BCUT2D eigenvalue weighted by Gasteiger charge is 2.39. The molecule has 0 aromatic heterocycles. The molecule has 0 atom stereocenters. The van der Waals surface area contributed by atoms with Crippen molar-refractivity contribution in [3.63, 3.8) is 0 Å². The van der Waals surface area contributed by atoms with Crippen molar-refractivity contribution in [2.75, 3.05) is 27.2 Å². The third-order valence-corrected chi connectivity index (χ3v) is 4.65. The SMILES string of the molecule is CN(C)C1CCN(C(=O)C2(N)CCCCC2)CC1.Cl.Cl. The maximum Gasteiger partial charge on any atom is 0.242 e. The van der Waals surface area contributed by atoms with Gasteiger partial charge in [-0.05, 0) is 39.8 Å². The molecule has 120 valence electrons. The number of carbonyl (C=O) groups excluding carboxylic acids is 1. The minimum Gasteiger partial charge on any atom is -0.341 e. The zero-order chi connectivity index (χ0) is 13.2. The van der Waals surface area contributed by atoms with Crippen LogP contribution >= 0.6 is 24.8 Å². The van der Waals surface area contributed by atoms with Crippen LogP contribution in [-0.2, 0) is 4.79 Å². The molecule has 1 aliphatic heterocycles. The molecule has 0 bridgehead atoms. The molecule has 1 saturated heterocycles. The van der Waals surface area contributed by atoms with Crippen molar-refractivity contribution >= 4 is 30.7 Å². The number of halogens is 2. The number of nitrogens with zero attached hydrogens (tertiary/aromatic N) is 2. The summed E-state index contributed by atoms with van der Waals surface area (Å²) in [5, 5.41) is 0. The van der Waals surface area contributed by atoms with E-state index < -0.39 is 5.54 Å². The molecule has 0 aromatic carbocycles. The molecule has 1 heterocycles. The zero-order valence-corrected chi connectivity index (χ0v) is 14.3. The second-order valence-electron chi connectivity index (χ2n) is 6.20. The number of hydrogen-bond acceptors (Lipinski definition) is 3. The Morgan fingerprint density at radius 3 is 2.05 bits per heavy atom. The lowest BCUT2D eigenvalue weighted by Gasteiger charge is -2.41. The molecule has 0 spiro atoms. The van der Waals surface area contributed by atoms with Gasteiger partial charge in [0.05, 0.1) is 5.54 Å². The molecule has 1 saturated carbocycles. The van der Waals surface area contributed by atoms with Crippen LogP contribution in [0.1, 0.15) is 44.9 Å². The first-order chi connectivity index (χ1) is 8.53. The van der Waals surface area contributed by atoms with Crippen molar-refractivity contribution in [3.8, 4) is 0 Å². The Kier molecular flexibility index (Phi) is 8.41. The molecular formula is C14H29Cl2N3O. The standard InChI is InChI=1S/C14H27N3O.2ClH/c1-16(2)12-6-10-17(11-7-12)13(18)14(15)8-4-3-5-9-14;;/h12H,3-11,15H2,1-2H3;2*1H. The normalized spacial score (nSPS) is 22.9. The summed E-state index contributed by atoms with van der Waals surface area (Å²) >= 11 is 0. The number of rotatable bonds is 2. The molecule has 1 amide bonds. The van der Waals surface area contributed by atoms with Crippen LogP contribution in [0.25, 0.3) is 0 Å². The van der Waals surface area contributed by atoms with Gasteiger partial charge in [-0.25, -0.2) is 0 Å². The number of hydrogen-bond donors (Lipinski definition) is 1. The van der Waals surface area contributed by atoms with E-state index in [1.807, 2.05) is 4.90 Å². The molecule has 20 heavy (non-hydrogen) atoms. The quantitative estimate of drug-likeness (QED) is 0.845. The minimum absolute atomic E-state index is 0. The Morgan fingerprint density at radius 2 is 1.60 bits per heavy atom. The van der Waals surface area contributed by atoms with Gasteiger partial charge in [-0.1, -0.05) is 19.3 Å². The second kappa shape index (κ2) is 8.42. The van der Waals surface area contributed by atoms with Gasteiger partial charge in [0.15, 0.2) is 0 Å². The molecule has 0 aromatic rings. The maximum absolute atomic E-state index is 12.5. The fraction of sp³-hybridized carbons (Fsp3) is 0.929. The Labute approximate surface area is 135 Å². The average molecular weight is 326 g/mol. The van der Waals surface area contributed by atoms with Crippen molar-refractivity contribution in [3.05, 3.63) is 0 Å². The van der Waals surface area contributed by atoms with Crippen LogP contribution in [-0.4, -0.2) is 54.5 Å². The predicted octanol–water partition coefficient (Wildman–Crippen LogP) is 2.04. The summed E-state index contributed by atoms with van der Waals surface area (Å²) in [6, 6.07) is 0.620. The Morgan fingerprint density at radius 1 is 1.10 bits per heavy atom. The predicted molar refractivity (Wildman–Crippen MR) is 87.8 cm³/mol. The van der Waals surface area contributed by atoms with Gasteiger partial charge in [0.1, 0.15) is 0 Å². The van der Waals surface area contributed by atoms with Gasteiger partial charge in [0.2, 0.25) is 5.91 Å². The van der Waals surface area contributed by atoms with Crippen LogP contribution in [0.2, 0.25) is 0 Å². The summed E-state index contributed by atoms with van der Waals surface area (Å²) in [5.41, 5.74) is 5.77. The smallest absolute Gasteiger partial charge is 0.242 e. The molecule has 2 N–H and O–H groups in total. The van der Waals surface area contributed by atoms with E-state index in [1.54, 1.807) is 0 Å². The van der Waals surface area contributed by atoms with E-state index in [-0.39, 0.29) is 30.7 Å². The first-order valence-corrected chi connectivity index (χ1v) is 7.28. The van der Waals surface area contributed by atoms with E-state index in [4.69, 9.17) is 5.73 Å². The highest BCUT2D eigenvalue weighted by Crippen LogP contribution is 2.29. The fourth-order valence-electron chi connectivity index (χ4n) is 3.30. The Balaban J connectivity index is 0.00000180. The zero-order valence-electron chi connectivity index (χ0n) is 12.6. The lowest BCUT2D eigenvalue weighted by atomic mass is 9.81. The lowest BCUT2D eigenvalue weighted by Crippen LogP contribution is -2.58. The molecular weight excluding hydrogens is 297 g/mol. The van der Waals surface area contributed by atoms with E-state index in [2.05, 4.69) is 19.0 Å². The highest BCUT2D eigenvalue weighted by atomic mass is 35.5. The number of nitrogens with two attached hydrogens (primary N) is 1. The number of amides is 1. The molecule has 6 heteroatoms. The first-order valence-electron chi connectivity index (χ1n) is 7.28. The topological polar surface area (TPSA) is 49.6 Å². The van der Waals surface area contributed by atoms with Crippen LogP contribution in [0.3, 0.4) is 0 Å². The molecule has 2 aliphatic rings. The summed E-state index contributed by atoms with van der Waals surface area (Å²) < 4.78 is 0. The molecule has 0 unspecified atom stereocenters. The monoisotopic (exact) mass is 325 g/mol. The van der Waals surface area contributed by atoms with Crippen LogP contribution in [0.5, 0.6) is 0 Å². The van der Waals surface area contributed by atoms with E-state index in [0.717, 1.165) is 51.6 Å². The van der Waals surface area contributed by atoms with Gasteiger partial charge in [-0.2, -0.15) is 0 Å². The van der Waals surface area contributed by atoms with Crippen molar-refractivity contribution in [2.45, 2.75) is 56.5 Å². The maximum atomic E-state index is 12.5. The highest BCUT2D eigenvalue weighted by molar-refractivity contribution is 5.86. The molecule has 2 fully saturated rings. The van der Waals surface area contributed by atoms with Crippen molar-refractivity contribution in [1.29, 1.82) is 0 Å². The minimum atomic E-state index is -0.552. The summed E-state index contributed by atoms with van der Waals surface area (Å²) in [4.78, 5) is 16.8. The summed E-state index contributed by atoms with van der Waals surface area (Å²) in [6.07, 6.45) is 7.35. The number of piperidine rings is 1. The largest absolute Gasteiger partial charge is 0.341 e. The van der Waals surface area contributed by atoms with Crippen molar-refractivity contribution in [1.82, 2.24) is 9.80 Å². The Bertz CT molecular complexity index is 299. The van der Waals surface area contributed by atoms with E-state index in [1.165, 1.54) is 6.42 Å². The average Bonchev–Trinajstić information content (AvgIpc) is 2.39. The van der Waals surface area contributed by atoms with E-state index >= 15 is 0 Å². The van der Waals surface area contributed by atoms with Crippen LogP contribution in [0.4, 0.5) is 0 Å². The first kappa shape index (κ1) is 20.0. The van der Waals surface area contributed by atoms with Gasteiger partial charge in [-0.15, -0.1) is 24.8 Å². The van der Waals surface area contributed by atoms with Crippen molar-refractivity contribution in [2.24, 2.45) is 5.73 Å². The van der Waals surface area contributed by atoms with E-state index in [9.17, 15) is 4.79 Å². The van der Waals surface area contributed by atoms with Gasteiger partial charge >= 0.3 is 0 Å². The van der Waals surface area contributed by atoms with Gasteiger partial charge in [0.25, 0.3) is 0 Å².